The first-order valence-electron chi connectivity index (χ1n) is 5.36. The van der Waals surface area contributed by atoms with Crippen LogP contribution in [0.5, 0.6) is 0 Å². The van der Waals surface area contributed by atoms with Gasteiger partial charge in [-0.2, -0.15) is 0 Å². The molecule has 0 radical (unpaired) electrons. The number of aryl methyl sites for hydroxylation is 1. The standard InChI is InChI=1S/C13H18BrNO/c1-3-6-15(7-8-16)10-12-4-5-13(14)9-11(12)2/h3-5,9,16H,1,6-8,10H2,2H3. The van der Waals surface area contributed by atoms with Crippen LogP contribution in [0.3, 0.4) is 0 Å². The van der Waals surface area contributed by atoms with Gasteiger partial charge in [0.1, 0.15) is 0 Å². The summed E-state index contributed by atoms with van der Waals surface area (Å²) in [6.45, 7) is 8.35. The average molecular weight is 284 g/mol. The predicted molar refractivity (Wildman–Crippen MR) is 71.4 cm³/mol. The molecular formula is C13H18BrNO. The van der Waals surface area contributed by atoms with Crippen molar-refractivity contribution in [2.45, 2.75) is 13.5 Å². The van der Waals surface area contributed by atoms with Crippen molar-refractivity contribution in [1.29, 1.82) is 0 Å². The molecule has 1 N–H and O–H groups in total. The van der Waals surface area contributed by atoms with Gasteiger partial charge < -0.3 is 5.11 Å². The fourth-order valence-corrected chi connectivity index (χ4v) is 2.11. The second-order valence-electron chi connectivity index (χ2n) is 3.82. The smallest absolute Gasteiger partial charge is 0.0558 e. The van der Waals surface area contributed by atoms with Crippen molar-refractivity contribution in [3.05, 3.63) is 46.5 Å². The van der Waals surface area contributed by atoms with Gasteiger partial charge in [0.2, 0.25) is 0 Å². The summed E-state index contributed by atoms with van der Waals surface area (Å²) >= 11 is 3.45. The first-order chi connectivity index (χ1) is 7.67. The third kappa shape index (κ3) is 4.08. The van der Waals surface area contributed by atoms with Gasteiger partial charge in [-0.3, -0.25) is 4.90 Å². The molecule has 0 unspecified atom stereocenters. The van der Waals surface area contributed by atoms with Crippen molar-refractivity contribution in [3.63, 3.8) is 0 Å². The highest BCUT2D eigenvalue weighted by atomic mass is 79.9. The Hall–Kier alpha value is -0.640. The average Bonchev–Trinajstić information content (AvgIpc) is 2.23. The van der Waals surface area contributed by atoms with Crippen LogP contribution in [0.25, 0.3) is 0 Å². The maximum atomic E-state index is 8.97. The molecule has 3 heteroatoms. The number of aliphatic hydroxyl groups is 1. The molecule has 0 aliphatic rings. The van der Waals surface area contributed by atoms with Crippen molar-refractivity contribution in [1.82, 2.24) is 4.90 Å². The van der Waals surface area contributed by atoms with E-state index in [0.29, 0.717) is 6.54 Å². The van der Waals surface area contributed by atoms with Crippen LogP contribution in [0, 0.1) is 6.92 Å². The molecule has 2 nitrogen and oxygen atoms in total. The lowest BCUT2D eigenvalue weighted by atomic mass is 10.1. The lowest BCUT2D eigenvalue weighted by Crippen LogP contribution is -2.26. The molecule has 0 bridgehead atoms. The number of hydrogen-bond acceptors (Lipinski definition) is 2. The number of aliphatic hydroxyl groups excluding tert-OH is 1. The van der Waals surface area contributed by atoms with E-state index in [-0.39, 0.29) is 6.61 Å². The maximum absolute atomic E-state index is 8.97. The topological polar surface area (TPSA) is 23.5 Å². The van der Waals surface area contributed by atoms with Crippen molar-refractivity contribution >= 4 is 15.9 Å². The van der Waals surface area contributed by atoms with Gasteiger partial charge in [0, 0.05) is 24.1 Å². The Labute approximate surface area is 106 Å². The number of rotatable bonds is 6. The van der Waals surface area contributed by atoms with Crippen LogP contribution in [0.1, 0.15) is 11.1 Å². The van der Waals surface area contributed by atoms with E-state index in [4.69, 9.17) is 5.11 Å². The van der Waals surface area contributed by atoms with Gasteiger partial charge in [-0.25, -0.2) is 0 Å². The Bertz CT molecular complexity index is 352. The Morgan fingerprint density at radius 2 is 2.25 bits per heavy atom. The minimum absolute atomic E-state index is 0.184. The molecule has 0 amide bonds. The van der Waals surface area contributed by atoms with Crippen molar-refractivity contribution < 1.29 is 5.11 Å². The first-order valence-corrected chi connectivity index (χ1v) is 6.15. The molecule has 0 saturated heterocycles. The zero-order valence-electron chi connectivity index (χ0n) is 9.62. The van der Waals surface area contributed by atoms with E-state index in [1.807, 2.05) is 12.1 Å². The Morgan fingerprint density at radius 1 is 1.50 bits per heavy atom. The summed E-state index contributed by atoms with van der Waals surface area (Å²) in [5, 5.41) is 8.97. The monoisotopic (exact) mass is 283 g/mol. The van der Waals surface area contributed by atoms with E-state index in [2.05, 4.69) is 46.5 Å². The summed E-state index contributed by atoms with van der Waals surface area (Å²) in [5.41, 5.74) is 2.56. The van der Waals surface area contributed by atoms with E-state index in [0.717, 1.165) is 17.6 Å². The van der Waals surface area contributed by atoms with Gasteiger partial charge in [-0.15, -0.1) is 6.58 Å². The van der Waals surface area contributed by atoms with E-state index >= 15 is 0 Å². The lowest BCUT2D eigenvalue weighted by Gasteiger charge is -2.20. The highest BCUT2D eigenvalue weighted by molar-refractivity contribution is 9.10. The normalized spacial score (nSPS) is 10.8. The summed E-state index contributed by atoms with van der Waals surface area (Å²) in [7, 11) is 0. The van der Waals surface area contributed by atoms with Crippen LogP contribution < -0.4 is 0 Å². The number of hydrogen-bond donors (Lipinski definition) is 1. The SMILES string of the molecule is C=CCN(CCO)Cc1ccc(Br)cc1C. The van der Waals surface area contributed by atoms with Crippen molar-refractivity contribution in [2.75, 3.05) is 19.7 Å². The molecule has 16 heavy (non-hydrogen) atoms. The zero-order valence-corrected chi connectivity index (χ0v) is 11.2. The summed E-state index contributed by atoms with van der Waals surface area (Å²) in [6, 6.07) is 6.28. The molecule has 0 saturated carbocycles. The number of nitrogens with zero attached hydrogens (tertiary/aromatic N) is 1. The summed E-state index contributed by atoms with van der Waals surface area (Å²) < 4.78 is 1.10. The van der Waals surface area contributed by atoms with Gasteiger partial charge in [-0.05, 0) is 30.2 Å². The number of halogens is 1. The fourth-order valence-electron chi connectivity index (χ4n) is 1.64. The minimum Gasteiger partial charge on any atom is -0.395 e. The largest absolute Gasteiger partial charge is 0.395 e. The van der Waals surface area contributed by atoms with Crippen molar-refractivity contribution in [3.8, 4) is 0 Å². The van der Waals surface area contributed by atoms with Gasteiger partial charge in [0.15, 0.2) is 0 Å². The van der Waals surface area contributed by atoms with Crippen molar-refractivity contribution in [2.24, 2.45) is 0 Å². The summed E-state index contributed by atoms with van der Waals surface area (Å²) in [4.78, 5) is 2.17. The predicted octanol–water partition coefficient (Wildman–Crippen LogP) is 2.74. The van der Waals surface area contributed by atoms with Crippen LogP contribution in [0.4, 0.5) is 0 Å². The zero-order chi connectivity index (χ0) is 12.0. The quantitative estimate of drug-likeness (QED) is 0.812. The highest BCUT2D eigenvalue weighted by Crippen LogP contribution is 2.17. The summed E-state index contributed by atoms with van der Waals surface area (Å²) in [6.07, 6.45) is 1.86. The van der Waals surface area contributed by atoms with Gasteiger partial charge in [0.25, 0.3) is 0 Å². The van der Waals surface area contributed by atoms with E-state index in [9.17, 15) is 0 Å². The molecule has 1 rings (SSSR count). The molecule has 0 aliphatic carbocycles. The van der Waals surface area contributed by atoms with E-state index in [1.165, 1.54) is 11.1 Å². The Kier molecular flexibility index (Phi) is 5.74. The molecule has 0 heterocycles. The second-order valence-corrected chi connectivity index (χ2v) is 4.73. The van der Waals surface area contributed by atoms with Crippen LogP contribution in [-0.4, -0.2) is 29.7 Å². The second kappa shape index (κ2) is 6.84. The lowest BCUT2D eigenvalue weighted by molar-refractivity contribution is 0.203. The van der Waals surface area contributed by atoms with Crippen LogP contribution in [-0.2, 0) is 6.54 Å². The maximum Gasteiger partial charge on any atom is 0.0558 e. The van der Waals surface area contributed by atoms with Gasteiger partial charge in [0.05, 0.1) is 6.61 Å². The van der Waals surface area contributed by atoms with Gasteiger partial charge in [-0.1, -0.05) is 28.1 Å². The number of benzene rings is 1. The Morgan fingerprint density at radius 3 is 2.81 bits per heavy atom. The first kappa shape index (κ1) is 13.4. The third-order valence-electron chi connectivity index (χ3n) is 2.50. The molecule has 1 aromatic carbocycles. The van der Waals surface area contributed by atoms with Crippen LogP contribution in [0.15, 0.2) is 35.3 Å². The van der Waals surface area contributed by atoms with Crippen LogP contribution in [0.2, 0.25) is 0 Å². The molecule has 0 aliphatic heterocycles. The van der Waals surface area contributed by atoms with E-state index in [1.54, 1.807) is 0 Å². The highest BCUT2D eigenvalue weighted by Gasteiger charge is 2.05. The Balaban J connectivity index is 2.72. The fraction of sp³-hybridized carbons (Fsp3) is 0.385. The molecular weight excluding hydrogens is 266 g/mol. The molecule has 0 aromatic heterocycles. The molecule has 0 spiro atoms. The van der Waals surface area contributed by atoms with E-state index < -0.39 is 0 Å². The van der Waals surface area contributed by atoms with Gasteiger partial charge >= 0.3 is 0 Å². The third-order valence-corrected chi connectivity index (χ3v) is 3.00. The molecule has 1 aromatic rings. The summed E-state index contributed by atoms with van der Waals surface area (Å²) in [5.74, 6) is 0. The minimum atomic E-state index is 0.184. The van der Waals surface area contributed by atoms with Crippen LogP contribution >= 0.6 is 15.9 Å². The molecule has 88 valence electrons. The molecule has 0 atom stereocenters. The molecule has 0 fully saturated rings.